The number of carbonyl (C=O) groups excluding carboxylic acids is 6. The van der Waals surface area contributed by atoms with E-state index in [9.17, 15) is 95.2 Å². The molecule has 0 fully saturated rings. The molecule has 0 aromatic carbocycles. The fourth-order valence-corrected chi connectivity index (χ4v) is 3.95. The first-order valence-corrected chi connectivity index (χ1v) is 17.6. The Balaban J connectivity index is 6.00. The predicted molar refractivity (Wildman–Crippen MR) is 184 cm³/mol. The minimum Gasteiger partial charge on any atom is -0.462 e. The maximum Gasteiger partial charge on any atom is 0.362 e. The second-order valence-corrected chi connectivity index (χ2v) is 12.3. The zero-order valence-electron chi connectivity index (χ0n) is 28.8. The maximum atomic E-state index is 12.9. The van der Waals surface area contributed by atoms with E-state index in [0.29, 0.717) is 0 Å². The summed E-state index contributed by atoms with van der Waals surface area (Å²) in [6, 6.07) is 0. The Kier molecular flexibility index (Phi) is 25.1. The van der Waals surface area contributed by atoms with E-state index in [1.165, 1.54) is 0 Å². The largest absolute Gasteiger partial charge is 0.462 e. The Labute approximate surface area is 332 Å². The number of carbonyl (C=O) groups is 6. The zero-order chi connectivity index (χ0) is 43.5. The Hall–Kier alpha value is -2.65. The van der Waals surface area contributed by atoms with Gasteiger partial charge in [0.25, 0.3) is 0 Å². The normalized spacial score (nSPS) is 19.1. The maximum absolute atomic E-state index is 12.9. The van der Waals surface area contributed by atoms with Crippen LogP contribution in [0.5, 0.6) is 0 Å². The number of aliphatic hydroxyl groups is 13. The highest BCUT2D eigenvalue weighted by molar-refractivity contribution is 7.81. The molecule has 12 unspecified atom stereocenters. The van der Waals surface area contributed by atoms with Gasteiger partial charge in [0, 0.05) is 0 Å². The van der Waals surface area contributed by atoms with E-state index in [4.69, 9.17) is 0 Å². The van der Waals surface area contributed by atoms with E-state index in [1.54, 1.807) is 0 Å². The fraction of sp³-hybridized carbons (Fsp3) is 0.786. The molecule has 0 bridgehead atoms. The molecule has 0 rings (SSSR count). The van der Waals surface area contributed by atoms with Crippen molar-refractivity contribution < 1.29 is 124 Å². The van der Waals surface area contributed by atoms with Gasteiger partial charge in [-0.15, -0.1) is 0 Å². The monoisotopic (exact) mass is 878 g/mol. The molecule has 0 radical (unpaired) electrons. The third kappa shape index (κ3) is 17.1. The lowest BCUT2D eigenvalue weighted by molar-refractivity contribution is -0.204. The highest BCUT2D eigenvalue weighted by Gasteiger charge is 2.57. The van der Waals surface area contributed by atoms with Crippen LogP contribution < -0.4 is 0 Å². The molecule has 25 nitrogen and oxygen atoms in total. The lowest BCUT2D eigenvalue weighted by Gasteiger charge is -2.29. The highest BCUT2D eigenvalue weighted by atomic mass is 32.1. The van der Waals surface area contributed by atoms with Gasteiger partial charge in [-0.2, -0.15) is 37.9 Å². The fourth-order valence-electron chi connectivity index (χ4n) is 3.68. The minimum atomic E-state index is -4.32. The van der Waals surface area contributed by atoms with Crippen molar-refractivity contribution in [1.29, 1.82) is 0 Å². The summed E-state index contributed by atoms with van der Waals surface area (Å²) in [6.45, 7) is -7.26. The summed E-state index contributed by atoms with van der Waals surface area (Å²) >= 11 is 10.8. The average Bonchev–Trinajstić information content (AvgIpc) is 3.20. The van der Waals surface area contributed by atoms with E-state index in [-0.39, 0.29) is 0 Å². The topological polar surface area (TPSA) is 421 Å². The van der Waals surface area contributed by atoms with Gasteiger partial charge in [-0.1, -0.05) is 0 Å². The molecule has 13 N–H and O–H groups in total. The molecular weight excluding hydrogens is 832 g/mol. The quantitative estimate of drug-likeness (QED) is 0.0158. The number of hydrogen-bond acceptors (Lipinski definition) is 28. The van der Waals surface area contributed by atoms with Gasteiger partial charge in [0.2, 0.25) is 0 Å². The lowest BCUT2D eigenvalue weighted by Crippen LogP contribution is -2.58. The summed E-state index contributed by atoms with van der Waals surface area (Å²) in [5.74, 6) is -11.3. The van der Waals surface area contributed by atoms with Crippen LogP contribution in [0, 0.1) is 0 Å². The third-order valence-corrected chi connectivity index (χ3v) is 7.86. The molecule has 56 heavy (non-hydrogen) atoms. The summed E-state index contributed by atoms with van der Waals surface area (Å²) in [4.78, 5) is 72.4. The number of thiol groups is 3. The van der Waals surface area contributed by atoms with E-state index < -0.39 is 172 Å². The molecule has 326 valence electrons. The van der Waals surface area contributed by atoms with Crippen molar-refractivity contribution in [2.45, 2.75) is 78.8 Å². The van der Waals surface area contributed by atoms with Crippen molar-refractivity contribution in [1.82, 2.24) is 0 Å². The summed E-state index contributed by atoms with van der Waals surface area (Å²) in [6.07, 6.45) is -27.5. The van der Waals surface area contributed by atoms with Crippen LogP contribution in [0.3, 0.4) is 0 Å². The van der Waals surface area contributed by atoms with Crippen molar-refractivity contribution in [2.24, 2.45) is 0 Å². The van der Waals surface area contributed by atoms with Crippen LogP contribution >= 0.6 is 37.9 Å². The second kappa shape index (κ2) is 26.4. The molecule has 0 aromatic heterocycles. The number of aliphatic hydroxyl groups excluding tert-OH is 12. The molecule has 0 heterocycles. The summed E-state index contributed by atoms with van der Waals surface area (Å²) < 4.78 is 27.0. The van der Waals surface area contributed by atoms with Gasteiger partial charge >= 0.3 is 41.4 Å². The van der Waals surface area contributed by atoms with Crippen LogP contribution in [0.4, 0.5) is 0 Å². The van der Waals surface area contributed by atoms with Gasteiger partial charge in [-0.05, 0) is 0 Å². The number of hydrogen-bond donors (Lipinski definition) is 16. The lowest BCUT2D eigenvalue weighted by atomic mass is 10.0. The molecule has 0 aliphatic heterocycles. The molecule has 0 saturated heterocycles. The van der Waals surface area contributed by atoms with Crippen LogP contribution in [-0.2, 0) is 57.2 Å². The number of ether oxygens (including phenoxy) is 6. The van der Waals surface area contributed by atoms with Crippen LogP contribution in [0.15, 0.2) is 0 Å². The Morgan fingerprint density at radius 1 is 0.357 bits per heavy atom. The molecule has 0 aromatic rings. The van der Waals surface area contributed by atoms with Gasteiger partial charge < -0.3 is 94.8 Å². The van der Waals surface area contributed by atoms with E-state index in [1.807, 2.05) is 0 Å². The second-order valence-electron chi connectivity index (χ2n) is 11.4. The van der Waals surface area contributed by atoms with E-state index in [2.05, 4.69) is 66.3 Å². The van der Waals surface area contributed by atoms with Crippen LogP contribution in [-0.4, -0.2) is 238 Å². The van der Waals surface area contributed by atoms with Gasteiger partial charge in [-0.3, -0.25) is 14.4 Å². The molecule has 28 heteroatoms. The Bertz CT molecular complexity index is 1110. The van der Waals surface area contributed by atoms with Crippen LogP contribution in [0.2, 0.25) is 0 Å². The number of esters is 6. The van der Waals surface area contributed by atoms with Crippen molar-refractivity contribution in [2.75, 3.05) is 56.9 Å². The van der Waals surface area contributed by atoms with Gasteiger partial charge in [0.1, 0.15) is 113 Å². The van der Waals surface area contributed by atoms with Crippen molar-refractivity contribution in [3.8, 4) is 0 Å². The van der Waals surface area contributed by atoms with Crippen molar-refractivity contribution >= 4 is 73.7 Å². The van der Waals surface area contributed by atoms with E-state index >= 15 is 0 Å². The molecule has 12 atom stereocenters. The van der Waals surface area contributed by atoms with Crippen molar-refractivity contribution in [3.63, 3.8) is 0 Å². The molecular formula is C28H46O25S3. The zero-order valence-corrected chi connectivity index (χ0v) is 31.5. The average molecular weight is 879 g/mol. The Morgan fingerprint density at radius 3 is 0.679 bits per heavy atom. The van der Waals surface area contributed by atoms with Gasteiger partial charge in [-0.25, -0.2) is 14.4 Å². The molecule has 0 amide bonds. The van der Waals surface area contributed by atoms with Gasteiger partial charge in [0.15, 0.2) is 0 Å². The first-order valence-electron chi connectivity index (χ1n) is 15.7. The molecule has 0 aliphatic carbocycles. The predicted octanol–water partition coefficient (Wildman–Crippen LogP) is -9.90. The number of rotatable bonds is 27. The Morgan fingerprint density at radius 2 is 0.518 bits per heavy atom. The van der Waals surface area contributed by atoms with Crippen LogP contribution in [0.25, 0.3) is 0 Å². The smallest absolute Gasteiger partial charge is 0.362 e. The first kappa shape index (κ1) is 53.4. The SMILES string of the molecule is O=C(CS)OCC(O)C(O)C(O)C(O)COC(=O)C(O)(C(=O)OCC(O)C(O)C(O)C(O)COC(=O)CS)C(=O)OCC(O)C(O)C(O)C(O)COC(=O)CS. The molecule has 0 aliphatic rings. The van der Waals surface area contributed by atoms with Gasteiger partial charge in [0.05, 0.1) is 17.3 Å². The molecule has 0 saturated carbocycles. The van der Waals surface area contributed by atoms with Crippen LogP contribution in [0.1, 0.15) is 0 Å². The summed E-state index contributed by atoms with van der Waals surface area (Å²) in [5, 5.41) is 132. The third-order valence-electron chi connectivity index (χ3n) is 7.09. The first-order chi connectivity index (χ1) is 26.0. The summed E-state index contributed by atoms with van der Waals surface area (Å²) in [7, 11) is 0. The van der Waals surface area contributed by atoms with Crippen molar-refractivity contribution in [3.05, 3.63) is 0 Å². The summed E-state index contributed by atoms with van der Waals surface area (Å²) in [5.41, 5.74) is -4.32. The molecule has 0 spiro atoms. The van der Waals surface area contributed by atoms with E-state index in [0.717, 1.165) is 0 Å². The minimum absolute atomic E-state index is 0.432. The highest BCUT2D eigenvalue weighted by Crippen LogP contribution is 2.18. The standard InChI is InChI=1S/C28H46O25S3/c29-10(1-48-16(35)7-54)19(38)22(41)13(32)4-51-25(44)28(47,26(45)52-5-14(33)23(42)20(39)11(30)2-49-17(36)8-55)27(46)53-6-15(34)24(43)21(40)12(31)3-50-18(37)9-56/h10-15,19-24,29-34,38-43,47,54-56H,1-9H2.